The Morgan fingerprint density at radius 3 is 2.62 bits per heavy atom. The lowest BCUT2D eigenvalue weighted by Gasteiger charge is -2.14. The molecule has 1 aliphatic rings. The van der Waals surface area contributed by atoms with Gasteiger partial charge >= 0.3 is 0 Å². The summed E-state index contributed by atoms with van der Waals surface area (Å²) < 4.78 is 27.5. The van der Waals surface area contributed by atoms with E-state index < -0.39 is 0 Å². The van der Waals surface area contributed by atoms with Crippen LogP contribution in [0.25, 0.3) is 0 Å². The second kappa shape index (κ2) is 18.3. The van der Waals surface area contributed by atoms with Crippen molar-refractivity contribution in [1.29, 1.82) is 0 Å². The average Bonchev–Trinajstić information content (AvgIpc) is 3.27. The second-order valence-electron chi connectivity index (χ2n) is 7.64. The van der Waals surface area contributed by atoms with Crippen LogP contribution < -0.4 is 15.4 Å². The maximum Gasteiger partial charge on any atom is 0.195 e. The summed E-state index contributed by atoms with van der Waals surface area (Å²) in [5.74, 6) is 1.56. The Bertz CT molecular complexity index is 610. The van der Waals surface area contributed by atoms with Gasteiger partial charge in [-0.25, -0.2) is 0 Å². The van der Waals surface area contributed by atoms with E-state index in [-0.39, 0.29) is 36.2 Å². The molecule has 1 saturated heterocycles. The molecule has 0 aromatic heterocycles. The molecule has 0 bridgehead atoms. The fourth-order valence-corrected chi connectivity index (χ4v) is 3.00. The van der Waals surface area contributed by atoms with Crippen molar-refractivity contribution in [3.8, 4) is 5.75 Å². The first-order chi connectivity index (χ1) is 15.2. The minimum absolute atomic E-state index is 0. The number of benzene rings is 1. The molecular formula is C23H40IN3O5. The van der Waals surface area contributed by atoms with Crippen molar-refractivity contribution >= 4 is 35.6 Å². The summed E-state index contributed by atoms with van der Waals surface area (Å²) in [5.41, 5.74) is 0.942. The molecule has 0 aliphatic carbocycles. The number of nitrogens with one attached hydrogen (secondary N) is 2. The minimum Gasteiger partial charge on any atom is -0.491 e. The van der Waals surface area contributed by atoms with E-state index in [0.29, 0.717) is 52.1 Å². The summed E-state index contributed by atoms with van der Waals surface area (Å²) in [6, 6.07) is 7.86. The van der Waals surface area contributed by atoms with E-state index in [0.717, 1.165) is 37.3 Å². The lowest BCUT2D eigenvalue weighted by atomic mass is 10.2. The molecule has 1 aromatic rings. The second-order valence-corrected chi connectivity index (χ2v) is 7.64. The third-order valence-electron chi connectivity index (χ3n) is 4.50. The molecule has 9 heteroatoms. The quantitative estimate of drug-likeness (QED) is 0.145. The monoisotopic (exact) mass is 565 g/mol. The standard InChI is InChI=1S/C23H39N3O5.HI/c1-19(2)31-21-9-7-20(8-10-21)26-23(25-12-15-28-17-16-27-3)24-11-5-13-29-18-22-6-4-14-30-22;/h7-10,19,22H,4-6,11-18H2,1-3H3,(H2,24,25,26);1H. The molecule has 0 spiro atoms. The molecule has 32 heavy (non-hydrogen) atoms. The summed E-state index contributed by atoms with van der Waals surface area (Å²) in [6.45, 7) is 9.32. The van der Waals surface area contributed by atoms with Gasteiger partial charge in [-0.15, -0.1) is 24.0 Å². The first-order valence-corrected chi connectivity index (χ1v) is 11.3. The van der Waals surface area contributed by atoms with E-state index in [4.69, 9.17) is 23.7 Å². The maximum absolute atomic E-state index is 5.72. The van der Waals surface area contributed by atoms with Crippen LogP contribution in [0.4, 0.5) is 5.69 Å². The van der Waals surface area contributed by atoms with Crippen LogP contribution in [0, 0.1) is 0 Å². The summed E-state index contributed by atoms with van der Waals surface area (Å²) in [7, 11) is 1.66. The molecule has 1 heterocycles. The molecule has 184 valence electrons. The Kier molecular flexibility index (Phi) is 16.5. The van der Waals surface area contributed by atoms with Crippen molar-refractivity contribution in [3.05, 3.63) is 24.3 Å². The van der Waals surface area contributed by atoms with Gasteiger partial charge in [-0.2, -0.15) is 0 Å². The zero-order chi connectivity index (χ0) is 22.2. The highest BCUT2D eigenvalue weighted by molar-refractivity contribution is 14.0. The molecule has 1 aliphatic heterocycles. The average molecular weight is 565 g/mol. The van der Waals surface area contributed by atoms with Crippen LogP contribution in [0.2, 0.25) is 0 Å². The van der Waals surface area contributed by atoms with Gasteiger partial charge in [0.2, 0.25) is 0 Å². The normalized spacial score (nSPS) is 16.1. The number of rotatable bonds is 15. The number of hydrogen-bond donors (Lipinski definition) is 2. The third-order valence-corrected chi connectivity index (χ3v) is 4.50. The third kappa shape index (κ3) is 13.4. The Hall–Kier alpha value is -1.14. The van der Waals surface area contributed by atoms with E-state index >= 15 is 0 Å². The van der Waals surface area contributed by atoms with E-state index in [9.17, 15) is 0 Å². The SMILES string of the molecule is COCCOCCNC(=NCCCOCC1CCCO1)Nc1ccc(OC(C)C)cc1.I. The van der Waals surface area contributed by atoms with Gasteiger partial charge in [0, 0.05) is 39.1 Å². The number of methoxy groups -OCH3 is 1. The van der Waals surface area contributed by atoms with Crippen LogP contribution in [0.3, 0.4) is 0 Å². The molecule has 0 saturated carbocycles. The largest absolute Gasteiger partial charge is 0.491 e. The van der Waals surface area contributed by atoms with Crippen LogP contribution >= 0.6 is 24.0 Å². The van der Waals surface area contributed by atoms with Crippen LogP contribution in [0.5, 0.6) is 5.75 Å². The molecule has 1 fully saturated rings. The first kappa shape index (κ1) is 28.9. The van der Waals surface area contributed by atoms with E-state index in [2.05, 4.69) is 15.6 Å². The predicted molar refractivity (Wildman–Crippen MR) is 139 cm³/mol. The highest BCUT2D eigenvalue weighted by atomic mass is 127. The molecule has 0 amide bonds. The molecule has 8 nitrogen and oxygen atoms in total. The van der Waals surface area contributed by atoms with Gasteiger partial charge in [-0.1, -0.05) is 0 Å². The van der Waals surface area contributed by atoms with Gasteiger partial charge < -0.3 is 34.3 Å². The summed E-state index contributed by atoms with van der Waals surface area (Å²) in [5, 5.41) is 6.65. The summed E-state index contributed by atoms with van der Waals surface area (Å²) in [6.07, 6.45) is 3.51. The number of hydrogen-bond acceptors (Lipinski definition) is 6. The fraction of sp³-hybridized carbons (Fsp3) is 0.696. The van der Waals surface area contributed by atoms with Gasteiger partial charge in [-0.05, 0) is 57.4 Å². The van der Waals surface area contributed by atoms with Gasteiger partial charge in [0.25, 0.3) is 0 Å². The van der Waals surface area contributed by atoms with Crippen LogP contribution in [-0.2, 0) is 18.9 Å². The summed E-state index contributed by atoms with van der Waals surface area (Å²) >= 11 is 0. The Labute approximate surface area is 209 Å². The highest BCUT2D eigenvalue weighted by Gasteiger charge is 2.14. The Balaban J connectivity index is 0.00000512. The number of nitrogens with zero attached hydrogens (tertiary/aromatic N) is 1. The number of anilines is 1. The van der Waals surface area contributed by atoms with Crippen LogP contribution in [0.1, 0.15) is 33.1 Å². The Morgan fingerprint density at radius 2 is 1.94 bits per heavy atom. The van der Waals surface area contributed by atoms with Crippen molar-refractivity contribution in [2.45, 2.75) is 45.3 Å². The maximum atomic E-state index is 5.72. The van der Waals surface area contributed by atoms with Gasteiger partial charge in [0.1, 0.15) is 5.75 Å². The van der Waals surface area contributed by atoms with Crippen LogP contribution in [-0.4, -0.2) is 78.0 Å². The van der Waals surface area contributed by atoms with E-state index in [1.54, 1.807) is 7.11 Å². The molecule has 1 atom stereocenters. The molecule has 2 rings (SSSR count). The zero-order valence-electron chi connectivity index (χ0n) is 19.6. The molecule has 1 aromatic carbocycles. The smallest absolute Gasteiger partial charge is 0.195 e. The molecular weight excluding hydrogens is 525 g/mol. The van der Waals surface area contributed by atoms with Crippen molar-refractivity contribution in [1.82, 2.24) is 5.32 Å². The number of aliphatic imine (C=N–C) groups is 1. The topological polar surface area (TPSA) is 82.6 Å². The van der Waals surface area contributed by atoms with Crippen LogP contribution in [0.15, 0.2) is 29.3 Å². The van der Waals surface area contributed by atoms with Crippen molar-refractivity contribution in [2.75, 3.05) is 65.2 Å². The molecule has 1 unspecified atom stereocenters. The lowest BCUT2D eigenvalue weighted by Crippen LogP contribution is -2.34. The van der Waals surface area contributed by atoms with Gasteiger partial charge in [0.05, 0.1) is 38.6 Å². The Morgan fingerprint density at radius 1 is 1.12 bits per heavy atom. The zero-order valence-corrected chi connectivity index (χ0v) is 22.0. The minimum atomic E-state index is 0. The number of halogens is 1. The fourth-order valence-electron chi connectivity index (χ4n) is 3.00. The van der Waals surface area contributed by atoms with Crippen molar-refractivity contribution < 1.29 is 23.7 Å². The van der Waals surface area contributed by atoms with Crippen molar-refractivity contribution in [2.24, 2.45) is 4.99 Å². The summed E-state index contributed by atoms with van der Waals surface area (Å²) in [4.78, 5) is 4.66. The lowest BCUT2D eigenvalue weighted by molar-refractivity contribution is 0.0171. The van der Waals surface area contributed by atoms with Crippen molar-refractivity contribution in [3.63, 3.8) is 0 Å². The predicted octanol–water partition coefficient (Wildman–Crippen LogP) is 3.70. The highest BCUT2D eigenvalue weighted by Crippen LogP contribution is 2.17. The number of guanidine groups is 1. The first-order valence-electron chi connectivity index (χ1n) is 11.3. The number of ether oxygens (including phenoxy) is 5. The molecule has 0 radical (unpaired) electrons. The van der Waals surface area contributed by atoms with E-state index in [1.807, 2.05) is 38.1 Å². The van der Waals surface area contributed by atoms with Gasteiger partial charge in [0.15, 0.2) is 5.96 Å². The van der Waals surface area contributed by atoms with Gasteiger partial charge in [-0.3, -0.25) is 4.99 Å². The molecule has 2 N–H and O–H groups in total. The van der Waals surface area contributed by atoms with E-state index in [1.165, 1.54) is 0 Å².